The molecule has 2 aromatic carbocycles. The monoisotopic (exact) mass is 412 g/mol. The normalized spacial score (nSPS) is 15.1. The Morgan fingerprint density at radius 2 is 1.50 bits per heavy atom. The van der Waals surface area contributed by atoms with Crippen molar-refractivity contribution in [3.05, 3.63) is 65.5 Å². The van der Waals surface area contributed by atoms with Crippen molar-refractivity contribution >= 4 is 17.7 Å². The highest BCUT2D eigenvalue weighted by atomic mass is 19.1. The molecule has 2 aromatic rings. The predicted molar refractivity (Wildman–Crippen MR) is 110 cm³/mol. The third-order valence-corrected chi connectivity index (χ3v) is 5.08. The van der Waals surface area contributed by atoms with Gasteiger partial charge in [0.1, 0.15) is 11.6 Å². The highest BCUT2D eigenvalue weighted by Crippen LogP contribution is 2.18. The predicted octanol–water partition coefficient (Wildman–Crippen LogP) is 3.98. The van der Waals surface area contributed by atoms with Crippen LogP contribution in [0.5, 0.6) is 5.75 Å². The number of hydrogen-bond donors (Lipinski definition) is 2. The third kappa shape index (κ3) is 5.89. The first-order chi connectivity index (χ1) is 14.4. The molecule has 0 spiro atoms. The second-order valence-electron chi connectivity index (χ2n) is 7.42. The van der Waals surface area contributed by atoms with Crippen molar-refractivity contribution in [1.29, 1.82) is 0 Å². The highest BCUT2D eigenvalue weighted by molar-refractivity contribution is 6.09. The molecular formula is C23H25FN2O4. The average Bonchev–Trinajstić information content (AvgIpc) is 2.75. The van der Waals surface area contributed by atoms with Crippen LogP contribution in [0.15, 0.2) is 48.5 Å². The summed E-state index contributed by atoms with van der Waals surface area (Å²) in [5.74, 6) is -0.808. The minimum absolute atomic E-state index is 0.106. The Bertz CT molecular complexity index is 890. The first kappa shape index (κ1) is 21.5. The number of benzene rings is 2. The summed E-state index contributed by atoms with van der Waals surface area (Å²) in [6.07, 6.45) is 4.31. The van der Waals surface area contributed by atoms with Gasteiger partial charge < -0.3 is 10.1 Å². The molecule has 0 saturated heterocycles. The lowest BCUT2D eigenvalue weighted by molar-refractivity contribution is -0.126. The molecule has 3 amide bonds. The number of ketones is 1. The van der Waals surface area contributed by atoms with Gasteiger partial charge in [-0.05, 0) is 68.3 Å². The smallest absolute Gasteiger partial charge is 0.321 e. The largest absolute Gasteiger partial charge is 0.481 e. The van der Waals surface area contributed by atoms with Crippen LogP contribution in [0.4, 0.5) is 9.18 Å². The highest BCUT2D eigenvalue weighted by Gasteiger charge is 2.21. The summed E-state index contributed by atoms with van der Waals surface area (Å²) in [5, 5.41) is 5.12. The number of imide groups is 1. The molecule has 1 atom stereocenters. The van der Waals surface area contributed by atoms with E-state index in [1.54, 1.807) is 31.2 Å². The van der Waals surface area contributed by atoms with Crippen molar-refractivity contribution < 1.29 is 23.5 Å². The lowest BCUT2D eigenvalue weighted by atomic mass is 9.96. The SMILES string of the molecule is C[C@H](Oc1ccc(C(=O)c2ccc(F)cc2)cc1)C(=O)NC(=O)NC1CCCCC1. The molecule has 30 heavy (non-hydrogen) atoms. The molecular weight excluding hydrogens is 387 g/mol. The van der Waals surface area contributed by atoms with E-state index in [0.29, 0.717) is 16.9 Å². The fourth-order valence-corrected chi connectivity index (χ4v) is 3.39. The number of hydrogen-bond acceptors (Lipinski definition) is 4. The van der Waals surface area contributed by atoms with Crippen LogP contribution in [0.3, 0.4) is 0 Å². The molecule has 1 fully saturated rings. The van der Waals surface area contributed by atoms with E-state index in [4.69, 9.17) is 4.74 Å². The van der Waals surface area contributed by atoms with E-state index in [1.165, 1.54) is 30.7 Å². The lowest BCUT2D eigenvalue weighted by Gasteiger charge is -2.23. The number of carbonyl (C=O) groups excluding carboxylic acids is 3. The molecule has 1 saturated carbocycles. The maximum Gasteiger partial charge on any atom is 0.321 e. The van der Waals surface area contributed by atoms with Gasteiger partial charge >= 0.3 is 6.03 Å². The van der Waals surface area contributed by atoms with Gasteiger partial charge in [-0.1, -0.05) is 19.3 Å². The fraction of sp³-hybridized carbons (Fsp3) is 0.348. The molecule has 0 heterocycles. The Hall–Kier alpha value is -3.22. The minimum atomic E-state index is -0.888. The number of carbonyl (C=O) groups is 3. The van der Waals surface area contributed by atoms with E-state index in [9.17, 15) is 18.8 Å². The number of urea groups is 1. The van der Waals surface area contributed by atoms with Crippen LogP contribution in [0, 0.1) is 5.82 Å². The van der Waals surface area contributed by atoms with Gasteiger partial charge in [0.2, 0.25) is 0 Å². The Balaban J connectivity index is 1.51. The van der Waals surface area contributed by atoms with Crippen LogP contribution in [-0.4, -0.2) is 29.9 Å². The van der Waals surface area contributed by atoms with Crippen LogP contribution in [0.25, 0.3) is 0 Å². The topological polar surface area (TPSA) is 84.5 Å². The molecule has 0 aliphatic heterocycles. The van der Waals surface area contributed by atoms with Crippen molar-refractivity contribution in [3.63, 3.8) is 0 Å². The zero-order valence-corrected chi connectivity index (χ0v) is 16.8. The molecule has 158 valence electrons. The van der Waals surface area contributed by atoms with E-state index in [1.807, 2.05) is 0 Å². The van der Waals surface area contributed by atoms with Crippen molar-refractivity contribution in [2.75, 3.05) is 0 Å². The van der Waals surface area contributed by atoms with Crippen LogP contribution < -0.4 is 15.4 Å². The molecule has 7 heteroatoms. The summed E-state index contributed by atoms with van der Waals surface area (Å²) < 4.78 is 18.6. The summed E-state index contributed by atoms with van der Waals surface area (Å²) >= 11 is 0. The van der Waals surface area contributed by atoms with E-state index >= 15 is 0 Å². The fourth-order valence-electron chi connectivity index (χ4n) is 3.39. The Morgan fingerprint density at radius 3 is 2.10 bits per heavy atom. The Kier molecular flexibility index (Phi) is 7.17. The van der Waals surface area contributed by atoms with Gasteiger partial charge in [0.05, 0.1) is 0 Å². The minimum Gasteiger partial charge on any atom is -0.481 e. The Morgan fingerprint density at radius 1 is 0.933 bits per heavy atom. The molecule has 1 aliphatic rings. The zero-order chi connectivity index (χ0) is 21.5. The molecule has 3 rings (SSSR count). The standard InChI is InChI=1S/C23H25FN2O4/c1-15(22(28)26-23(29)25-19-5-3-2-4-6-19)30-20-13-9-17(10-14-20)21(27)16-7-11-18(24)12-8-16/h7-15,19H,2-6H2,1H3,(H2,25,26,28,29)/t15-/m0/s1. The Labute approximate surface area is 174 Å². The average molecular weight is 412 g/mol. The van der Waals surface area contributed by atoms with E-state index in [-0.39, 0.29) is 11.8 Å². The quantitative estimate of drug-likeness (QED) is 0.703. The lowest BCUT2D eigenvalue weighted by Crippen LogP contribution is -2.48. The number of rotatable bonds is 6. The van der Waals surface area contributed by atoms with Gasteiger partial charge in [-0.15, -0.1) is 0 Å². The molecule has 2 N–H and O–H groups in total. The molecule has 0 unspecified atom stereocenters. The molecule has 0 aromatic heterocycles. The van der Waals surface area contributed by atoms with Gasteiger partial charge in [0.15, 0.2) is 11.9 Å². The third-order valence-electron chi connectivity index (χ3n) is 5.08. The summed E-state index contributed by atoms with van der Waals surface area (Å²) in [7, 11) is 0. The molecule has 0 radical (unpaired) electrons. The van der Waals surface area contributed by atoms with E-state index in [0.717, 1.165) is 25.7 Å². The summed E-state index contributed by atoms with van der Waals surface area (Å²) in [5.41, 5.74) is 0.791. The van der Waals surface area contributed by atoms with Gasteiger partial charge in [-0.3, -0.25) is 14.9 Å². The number of halogens is 1. The van der Waals surface area contributed by atoms with Crippen molar-refractivity contribution in [2.24, 2.45) is 0 Å². The summed E-state index contributed by atoms with van der Waals surface area (Å²) in [4.78, 5) is 36.6. The first-order valence-corrected chi connectivity index (χ1v) is 10.1. The second kappa shape index (κ2) is 10.0. The molecule has 6 nitrogen and oxygen atoms in total. The molecule has 0 bridgehead atoms. The van der Waals surface area contributed by atoms with Crippen molar-refractivity contribution in [3.8, 4) is 5.75 Å². The maximum atomic E-state index is 13.0. The van der Waals surface area contributed by atoms with E-state index < -0.39 is 23.9 Å². The van der Waals surface area contributed by atoms with Gasteiger partial charge in [-0.25, -0.2) is 9.18 Å². The maximum absolute atomic E-state index is 13.0. The van der Waals surface area contributed by atoms with Gasteiger partial charge in [0.25, 0.3) is 5.91 Å². The van der Waals surface area contributed by atoms with Crippen molar-refractivity contribution in [2.45, 2.75) is 51.2 Å². The van der Waals surface area contributed by atoms with Crippen LogP contribution >= 0.6 is 0 Å². The molecule has 1 aliphatic carbocycles. The zero-order valence-electron chi connectivity index (χ0n) is 16.8. The van der Waals surface area contributed by atoms with E-state index in [2.05, 4.69) is 10.6 Å². The van der Waals surface area contributed by atoms with Gasteiger partial charge in [-0.2, -0.15) is 0 Å². The van der Waals surface area contributed by atoms with Crippen LogP contribution in [0.1, 0.15) is 54.9 Å². The number of amides is 3. The number of ether oxygens (including phenoxy) is 1. The van der Waals surface area contributed by atoms with Gasteiger partial charge in [0, 0.05) is 17.2 Å². The number of nitrogens with one attached hydrogen (secondary N) is 2. The second-order valence-corrected chi connectivity index (χ2v) is 7.42. The van der Waals surface area contributed by atoms with Crippen molar-refractivity contribution in [1.82, 2.24) is 10.6 Å². The van der Waals surface area contributed by atoms with Crippen LogP contribution in [0.2, 0.25) is 0 Å². The van der Waals surface area contributed by atoms with Crippen LogP contribution in [-0.2, 0) is 4.79 Å². The summed E-state index contributed by atoms with van der Waals surface area (Å²) in [6.45, 7) is 1.54. The first-order valence-electron chi connectivity index (χ1n) is 10.1. The summed E-state index contributed by atoms with van der Waals surface area (Å²) in [6, 6.07) is 11.2.